The number of phenolic OH excluding ortho intramolecular Hbond substituents is 1. The maximum atomic E-state index is 10.9. The molecule has 7 unspecified atom stereocenters. The van der Waals surface area contributed by atoms with Gasteiger partial charge in [-0.25, -0.2) is 0 Å². The van der Waals surface area contributed by atoms with Crippen molar-refractivity contribution in [1.82, 2.24) is 0 Å². The summed E-state index contributed by atoms with van der Waals surface area (Å²) in [6.07, 6.45) is 7.73. The van der Waals surface area contributed by atoms with Gasteiger partial charge in [0.1, 0.15) is 49.4 Å². The Labute approximate surface area is 755 Å². The van der Waals surface area contributed by atoms with Gasteiger partial charge in [-0.1, -0.05) is 212 Å². The fraction of sp³-hybridized carbons (Fsp3) is 0.570. The van der Waals surface area contributed by atoms with E-state index < -0.39 is 51.3 Å². The Morgan fingerprint density at radius 3 is 0.976 bits per heavy atom. The molecule has 7 aromatic carbocycles. The molecule has 7 N–H and O–H groups in total. The Balaban J connectivity index is 0.00000148. The highest BCUT2D eigenvalue weighted by Gasteiger charge is 2.34. The van der Waals surface area contributed by atoms with Crippen molar-refractivity contribution in [2.24, 2.45) is 17.3 Å². The van der Waals surface area contributed by atoms with Crippen LogP contribution in [-0.2, 0) is 78.3 Å². The fourth-order valence-corrected chi connectivity index (χ4v) is 11.6. The molecule has 18 heteroatoms. The van der Waals surface area contributed by atoms with Crippen LogP contribution in [0, 0.1) is 31.1 Å². The highest BCUT2D eigenvalue weighted by atomic mass is 16.5. The standard InChI is InChI=1S/C26H38O3.C25H36O4.C14H22O.C13H20O.C10H14O.C8H14O4.C6H12O2.C5H10O2/c1-10-19(3)21-13-11-20(12-14-21)17-29-24-22(25(4,5)27-8)15-18(2)16-23(24)26(6,7)28-9;1-8-18(3)19-9-11-20(12-10-19)28-13-14-29-23-21(24(4,5)26)15-17(2)16-22(23)25(6,7)27;1-6-11(2)12-7-9-13(10-8-12)14(3,4)15-5;1-5-10(2)11-6-8-12(9-7-11)13(3,4)14;1-3-8(2)9-4-6-10(11)7-5-9;1-3-6(2)8(11)12-5-4-7(9)10;1-4-6(2,3)5(7)8;1-3-4(2)5(6)7/h11-16,19H,10,17H2,1-9H3;9-12,15-16,18,26-27H,8,13-14H2,1-7H3;7-11H,6H2,1-5H3;6-10,14H,5H2,1-4H3;4-8,11H,3H2,1-2H3;6H,3-5H2,1-2H3,(H,9,10);4H2,1-3H3,(H,7,8);4H,3H2,1-2H3,(H,6,7). The summed E-state index contributed by atoms with van der Waals surface area (Å²) >= 11 is 0. The van der Waals surface area contributed by atoms with Gasteiger partial charge in [0.05, 0.1) is 57.3 Å². The van der Waals surface area contributed by atoms with E-state index in [1.165, 1.54) is 39.8 Å². The van der Waals surface area contributed by atoms with E-state index in [9.17, 15) is 34.5 Å². The number of ether oxygens (including phenoxy) is 7. The minimum absolute atomic E-state index is 0.0293. The fourth-order valence-electron chi connectivity index (χ4n) is 11.6. The average molecular weight is 1740 g/mol. The minimum atomic E-state index is -1.09. The van der Waals surface area contributed by atoms with Crippen LogP contribution in [0.2, 0.25) is 0 Å². The van der Waals surface area contributed by atoms with Crippen LogP contribution < -0.4 is 14.2 Å². The van der Waals surface area contributed by atoms with E-state index in [2.05, 4.69) is 207 Å². The van der Waals surface area contributed by atoms with Gasteiger partial charge in [0.15, 0.2) is 0 Å². The van der Waals surface area contributed by atoms with Crippen molar-refractivity contribution in [2.75, 3.05) is 41.2 Å². The molecule has 0 spiro atoms. The molecule has 0 aliphatic carbocycles. The lowest BCUT2D eigenvalue weighted by atomic mass is 9.87. The van der Waals surface area contributed by atoms with Gasteiger partial charge in [-0.3, -0.25) is 19.2 Å². The monoisotopic (exact) mass is 1740 g/mol. The van der Waals surface area contributed by atoms with Gasteiger partial charge in [-0.2, -0.15) is 0 Å². The quantitative estimate of drug-likeness (QED) is 0.0142. The number of carboxylic acids is 3. The minimum Gasteiger partial charge on any atom is -0.508 e. The zero-order chi connectivity index (χ0) is 96.4. The molecule has 0 aromatic heterocycles. The van der Waals surface area contributed by atoms with Crippen molar-refractivity contribution in [2.45, 2.75) is 342 Å². The lowest BCUT2D eigenvalue weighted by Crippen LogP contribution is -2.26. The maximum absolute atomic E-state index is 10.9. The highest BCUT2D eigenvalue weighted by molar-refractivity contribution is 5.73. The van der Waals surface area contributed by atoms with Gasteiger partial charge in [0.2, 0.25) is 0 Å². The molecule has 18 nitrogen and oxygen atoms in total. The van der Waals surface area contributed by atoms with E-state index in [1.807, 2.05) is 90.1 Å². The molecule has 0 saturated carbocycles. The van der Waals surface area contributed by atoms with Crippen LogP contribution in [0.25, 0.3) is 0 Å². The summed E-state index contributed by atoms with van der Waals surface area (Å²) in [5.41, 5.74) is 11.0. The number of aryl methyl sites for hydroxylation is 2. The normalized spacial score (nSPS) is 13.2. The van der Waals surface area contributed by atoms with Crippen molar-refractivity contribution in [3.05, 3.63) is 223 Å². The smallest absolute Gasteiger partial charge is 0.309 e. The summed E-state index contributed by atoms with van der Waals surface area (Å²) in [4.78, 5) is 41.2. The predicted molar refractivity (Wildman–Crippen MR) is 512 cm³/mol. The third-order valence-electron chi connectivity index (χ3n) is 23.5. The van der Waals surface area contributed by atoms with Gasteiger partial charge in [-0.05, 0) is 285 Å². The second kappa shape index (κ2) is 55.9. The summed E-state index contributed by atoms with van der Waals surface area (Å²) in [5.74, 6) is 2.44. The zero-order valence-electron chi connectivity index (χ0n) is 83.2. The summed E-state index contributed by atoms with van der Waals surface area (Å²) < 4.78 is 40.1. The summed E-state index contributed by atoms with van der Waals surface area (Å²) in [6, 6.07) is 49.5. The molecule has 125 heavy (non-hydrogen) atoms. The van der Waals surface area contributed by atoms with E-state index in [-0.39, 0.29) is 36.4 Å². The number of aliphatic hydroxyl groups is 3. The number of phenols is 1. The number of carboxylic acid groups (broad SMARTS) is 3. The third kappa shape index (κ3) is 42.2. The van der Waals surface area contributed by atoms with Crippen LogP contribution in [-0.4, -0.2) is 101 Å². The molecule has 0 aliphatic rings. The molecule has 0 fully saturated rings. The number of esters is 1. The van der Waals surface area contributed by atoms with Gasteiger partial charge in [0.25, 0.3) is 0 Å². The van der Waals surface area contributed by atoms with E-state index in [1.54, 1.807) is 88.9 Å². The van der Waals surface area contributed by atoms with Gasteiger partial charge in [0, 0.05) is 43.6 Å². The van der Waals surface area contributed by atoms with Crippen molar-refractivity contribution in [1.29, 1.82) is 0 Å². The Kier molecular flexibility index (Phi) is 52.0. The largest absolute Gasteiger partial charge is 0.508 e. The van der Waals surface area contributed by atoms with Crippen LogP contribution in [0.4, 0.5) is 0 Å². The van der Waals surface area contributed by atoms with Crippen molar-refractivity contribution in [3.63, 3.8) is 0 Å². The number of aromatic hydroxyl groups is 1. The lowest BCUT2D eigenvalue weighted by Gasteiger charge is -2.32. The number of methoxy groups -OCH3 is 3. The molecule has 0 aliphatic heterocycles. The topological polar surface area (TPSA) is 274 Å². The number of carbonyl (C=O) groups is 4. The number of hydrogen-bond acceptors (Lipinski definition) is 15. The molecule has 7 rings (SSSR count). The number of hydrogen-bond donors (Lipinski definition) is 7. The summed E-state index contributed by atoms with van der Waals surface area (Å²) in [7, 11) is 5.23. The molecule has 0 saturated heterocycles. The molecular weight excluding hydrogens is 1570 g/mol. The first kappa shape index (κ1) is 116. The first-order valence-corrected chi connectivity index (χ1v) is 45.0. The lowest BCUT2D eigenvalue weighted by molar-refractivity contribution is -0.150. The van der Waals surface area contributed by atoms with Crippen LogP contribution in [0.5, 0.6) is 23.0 Å². The van der Waals surface area contributed by atoms with E-state index >= 15 is 0 Å². The number of aliphatic carboxylic acids is 3. The van der Waals surface area contributed by atoms with Gasteiger partial charge < -0.3 is 68.9 Å². The van der Waals surface area contributed by atoms with Crippen LogP contribution in [0.3, 0.4) is 0 Å². The van der Waals surface area contributed by atoms with Crippen LogP contribution >= 0.6 is 0 Å². The second-order valence-corrected chi connectivity index (χ2v) is 36.7. The third-order valence-corrected chi connectivity index (χ3v) is 23.5. The number of benzene rings is 7. The highest BCUT2D eigenvalue weighted by Crippen LogP contribution is 2.43. The van der Waals surface area contributed by atoms with Crippen molar-refractivity contribution < 1.29 is 88.1 Å². The van der Waals surface area contributed by atoms with Gasteiger partial charge >= 0.3 is 23.9 Å². The van der Waals surface area contributed by atoms with E-state index in [0.29, 0.717) is 84.9 Å². The average Bonchev–Trinajstić information content (AvgIpc) is 0.770. The Morgan fingerprint density at radius 2 is 0.688 bits per heavy atom. The second-order valence-electron chi connectivity index (χ2n) is 36.7. The predicted octanol–water partition coefficient (Wildman–Crippen LogP) is 26.4. The summed E-state index contributed by atoms with van der Waals surface area (Å²) in [6.45, 7) is 62.8. The number of carbonyl (C=O) groups excluding carboxylic acids is 1. The van der Waals surface area contributed by atoms with Crippen LogP contribution in [0.1, 0.15) is 366 Å². The Hall–Kier alpha value is -8.62. The van der Waals surface area contributed by atoms with E-state index in [4.69, 9.17) is 48.8 Å². The molecule has 0 amide bonds. The van der Waals surface area contributed by atoms with Crippen molar-refractivity contribution >= 4 is 23.9 Å². The van der Waals surface area contributed by atoms with E-state index in [0.717, 1.165) is 77.0 Å². The van der Waals surface area contributed by atoms with Gasteiger partial charge in [-0.15, -0.1) is 0 Å². The zero-order valence-corrected chi connectivity index (χ0v) is 83.2. The molecule has 702 valence electrons. The molecule has 7 aromatic rings. The van der Waals surface area contributed by atoms with Crippen LogP contribution in [0.15, 0.2) is 146 Å². The molecule has 0 bridgehead atoms. The molecule has 7 atom stereocenters. The molecule has 0 heterocycles. The first-order chi connectivity index (χ1) is 57.9. The number of rotatable bonds is 36. The molecular formula is C107H166O18. The Morgan fingerprint density at radius 1 is 0.368 bits per heavy atom. The molecule has 0 radical (unpaired) electrons. The maximum Gasteiger partial charge on any atom is 0.309 e. The Bertz CT molecular complexity index is 4120. The van der Waals surface area contributed by atoms with Crippen molar-refractivity contribution in [3.8, 4) is 23.0 Å². The SMILES string of the molecule is CCC(C)(C)C(=O)O.CCC(C)C(=O)O.CCC(C)C(=O)OCCC(=O)O.CCC(C)c1ccc(C(C)(C)O)cc1.CCC(C)c1ccc(C(C)(C)OC)cc1.CCC(C)c1ccc(COc2c(C(C)(C)OC)cc(C)cc2C(C)(C)OC)cc1.CCC(C)c1ccc(O)cc1.CCC(C)c1ccc(OCCOc2c(C(C)(C)O)cc(C)cc2C(C)(C)O)cc1. The first-order valence-electron chi connectivity index (χ1n) is 45.0. The summed E-state index contributed by atoms with van der Waals surface area (Å²) in [5, 5.41) is 64.9.